The molecule has 28 heavy (non-hydrogen) atoms. The molecule has 0 bridgehead atoms. The lowest BCUT2D eigenvalue weighted by Gasteiger charge is -2.16. The second-order valence-electron chi connectivity index (χ2n) is 6.72. The molecule has 2 aromatic carbocycles. The lowest BCUT2D eigenvalue weighted by Crippen LogP contribution is -2.26. The highest BCUT2D eigenvalue weighted by Crippen LogP contribution is 2.25. The van der Waals surface area contributed by atoms with Crippen LogP contribution in [-0.2, 0) is 13.6 Å². The molecule has 0 radical (unpaired) electrons. The van der Waals surface area contributed by atoms with Crippen LogP contribution in [0.25, 0.3) is 16.9 Å². The molecular formula is C22H21N5O. The number of aromatic nitrogens is 4. The molecule has 4 aromatic rings. The van der Waals surface area contributed by atoms with Crippen molar-refractivity contribution in [2.24, 2.45) is 7.05 Å². The highest BCUT2D eigenvalue weighted by Gasteiger charge is 2.22. The Kier molecular flexibility index (Phi) is 4.76. The number of carbonyl (C=O) groups excluding carboxylic acids is 1. The molecule has 0 aliphatic rings. The van der Waals surface area contributed by atoms with E-state index in [9.17, 15) is 4.79 Å². The number of nitrogens with zero attached hydrogens (tertiary/aromatic N) is 5. The van der Waals surface area contributed by atoms with E-state index in [0.29, 0.717) is 17.8 Å². The van der Waals surface area contributed by atoms with Gasteiger partial charge in [-0.05, 0) is 12.1 Å². The molecule has 6 heteroatoms. The average molecular weight is 371 g/mol. The van der Waals surface area contributed by atoms with E-state index in [0.717, 1.165) is 16.8 Å². The molecule has 140 valence electrons. The van der Waals surface area contributed by atoms with Crippen LogP contribution in [0, 0.1) is 0 Å². The van der Waals surface area contributed by atoms with Gasteiger partial charge in [0, 0.05) is 44.2 Å². The van der Waals surface area contributed by atoms with Crippen LogP contribution in [-0.4, -0.2) is 37.4 Å². The first-order chi connectivity index (χ1) is 13.6. The first-order valence-electron chi connectivity index (χ1n) is 9.05. The predicted octanol–water partition coefficient (Wildman–Crippen LogP) is 3.55. The second kappa shape index (κ2) is 7.52. The maximum Gasteiger partial charge on any atom is 0.257 e. The Morgan fingerprint density at radius 1 is 1.00 bits per heavy atom. The minimum Gasteiger partial charge on any atom is -0.337 e. The van der Waals surface area contributed by atoms with Gasteiger partial charge in [0.05, 0.1) is 17.4 Å². The van der Waals surface area contributed by atoms with Gasteiger partial charge in [-0.3, -0.25) is 9.48 Å². The van der Waals surface area contributed by atoms with Crippen molar-refractivity contribution in [2.75, 3.05) is 7.05 Å². The largest absolute Gasteiger partial charge is 0.337 e. The summed E-state index contributed by atoms with van der Waals surface area (Å²) in [5, 5.41) is 8.89. The van der Waals surface area contributed by atoms with Crippen molar-refractivity contribution in [3.05, 3.63) is 90.4 Å². The zero-order valence-electron chi connectivity index (χ0n) is 15.9. The monoisotopic (exact) mass is 371 g/mol. The molecule has 0 aliphatic heterocycles. The summed E-state index contributed by atoms with van der Waals surface area (Å²) >= 11 is 0. The van der Waals surface area contributed by atoms with Gasteiger partial charge in [-0.1, -0.05) is 48.5 Å². The summed E-state index contributed by atoms with van der Waals surface area (Å²) in [4.78, 5) is 14.9. The Morgan fingerprint density at radius 3 is 2.32 bits per heavy atom. The highest BCUT2D eigenvalue weighted by atomic mass is 16.2. The van der Waals surface area contributed by atoms with Crippen molar-refractivity contribution < 1.29 is 4.79 Å². The van der Waals surface area contributed by atoms with Gasteiger partial charge in [-0.15, -0.1) is 0 Å². The van der Waals surface area contributed by atoms with E-state index in [1.54, 1.807) is 33.7 Å². The molecule has 0 spiro atoms. The van der Waals surface area contributed by atoms with Gasteiger partial charge < -0.3 is 4.90 Å². The fourth-order valence-corrected chi connectivity index (χ4v) is 3.16. The molecule has 2 heterocycles. The quantitative estimate of drug-likeness (QED) is 0.539. The Morgan fingerprint density at radius 2 is 1.68 bits per heavy atom. The van der Waals surface area contributed by atoms with E-state index in [1.807, 2.05) is 73.9 Å². The predicted molar refractivity (Wildman–Crippen MR) is 108 cm³/mol. The summed E-state index contributed by atoms with van der Waals surface area (Å²) in [6.07, 6.45) is 5.49. The Bertz CT molecular complexity index is 1080. The zero-order chi connectivity index (χ0) is 19.5. The number of amides is 1. The van der Waals surface area contributed by atoms with Crippen LogP contribution in [0.2, 0.25) is 0 Å². The summed E-state index contributed by atoms with van der Waals surface area (Å²) < 4.78 is 3.49. The third kappa shape index (κ3) is 3.57. The molecular weight excluding hydrogens is 350 g/mol. The van der Waals surface area contributed by atoms with Crippen molar-refractivity contribution in [2.45, 2.75) is 6.54 Å². The molecule has 0 fully saturated rings. The number of rotatable bonds is 5. The Balaban J connectivity index is 1.72. The maximum absolute atomic E-state index is 13.2. The molecule has 1 amide bonds. The minimum absolute atomic E-state index is 0.0788. The molecule has 0 saturated carbocycles. The van der Waals surface area contributed by atoms with Gasteiger partial charge in [-0.2, -0.15) is 10.2 Å². The molecule has 0 saturated heterocycles. The summed E-state index contributed by atoms with van der Waals surface area (Å²) in [6.45, 7) is 0.484. The first-order valence-corrected chi connectivity index (χ1v) is 9.05. The molecule has 6 nitrogen and oxygen atoms in total. The molecule has 0 unspecified atom stereocenters. The first kappa shape index (κ1) is 17.7. The van der Waals surface area contributed by atoms with Crippen molar-refractivity contribution in [3.8, 4) is 16.9 Å². The second-order valence-corrected chi connectivity index (χ2v) is 6.72. The van der Waals surface area contributed by atoms with Gasteiger partial charge in [-0.25, -0.2) is 4.68 Å². The van der Waals surface area contributed by atoms with E-state index in [4.69, 9.17) is 5.10 Å². The van der Waals surface area contributed by atoms with Crippen molar-refractivity contribution >= 4 is 5.91 Å². The van der Waals surface area contributed by atoms with Crippen LogP contribution in [0.3, 0.4) is 0 Å². The SMILES string of the molecule is CN(Cc1cnn(C)c1)C(=O)c1cn(-c2ccccc2)nc1-c1ccccc1. The Hall–Kier alpha value is -3.67. The van der Waals surface area contributed by atoms with E-state index in [1.165, 1.54) is 0 Å². The smallest absolute Gasteiger partial charge is 0.257 e. The summed E-state index contributed by atoms with van der Waals surface area (Å²) in [6, 6.07) is 19.6. The molecule has 0 N–H and O–H groups in total. The standard InChI is InChI=1S/C22H21N5O/c1-25(14-17-13-23-26(2)15-17)22(28)20-16-27(19-11-7-4-8-12-19)24-21(20)18-9-5-3-6-10-18/h3-13,15-16H,14H2,1-2H3. The van der Waals surface area contributed by atoms with Gasteiger partial charge in [0.25, 0.3) is 5.91 Å². The average Bonchev–Trinajstić information content (AvgIpc) is 3.35. The summed E-state index contributed by atoms with van der Waals surface area (Å²) in [5.41, 5.74) is 4.05. The lowest BCUT2D eigenvalue weighted by molar-refractivity contribution is 0.0786. The van der Waals surface area contributed by atoms with Gasteiger partial charge in [0.1, 0.15) is 5.69 Å². The van der Waals surface area contributed by atoms with Crippen LogP contribution in [0.1, 0.15) is 15.9 Å². The third-order valence-electron chi connectivity index (χ3n) is 4.54. The number of hydrogen-bond acceptors (Lipinski definition) is 3. The number of benzene rings is 2. The van der Waals surface area contributed by atoms with E-state index < -0.39 is 0 Å². The van der Waals surface area contributed by atoms with Crippen molar-refractivity contribution in [3.63, 3.8) is 0 Å². The topological polar surface area (TPSA) is 56.0 Å². The van der Waals surface area contributed by atoms with Gasteiger partial charge in [0.2, 0.25) is 0 Å². The van der Waals surface area contributed by atoms with E-state index in [-0.39, 0.29) is 5.91 Å². The van der Waals surface area contributed by atoms with Crippen LogP contribution in [0.5, 0.6) is 0 Å². The number of para-hydroxylation sites is 1. The van der Waals surface area contributed by atoms with E-state index >= 15 is 0 Å². The van der Waals surface area contributed by atoms with Crippen LogP contribution in [0.15, 0.2) is 79.3 Å². The molecule has 4 rings (SSSR count). The number of carbonyl (C=O) groups is 1. The Labute approximate surface area is 163 Å². The highest BCUT2D eigenvalue weighted by molar-refractivity contribution is 5.99. The summed E-state index contributed by atoms with van der Waals surface area (Å²) in [7, 11) is 3.66. The normalized spacial score (nSPS) is 10.8. The van der Waals surface area contributed by atoms with Crippen LogP contribution < -0.4 is 0 Å². The maximum atomic E-state index is 13.2. The lowest BCUT2D eigenvalue weighted by atomic mass is 10.1. The van der Waals surface area contributed by atoms with Crippen LogP contribution >= 0.6 is 0 Å². The summed E-state index contributed by atoms with van der Waals surface area (Å²) in [5.74, 6) is -0.0788. The zero-order valence-corrected chi connectivity index (χ0v) is 15.9. The molecule has 2 aromatic heterocycles. The van der Waals surface area contributed by atoms with Crippen molar-refractivity contribution in [1.29, 1.82) is 0 Å². The fourth-order valence-electron chi connectivity index (χ4n) is 3.16. The molecule has 0 atom stereocenters. The van der Waals surface area contributed by atoms with Gasteiger partial charge in [0.15, 0.2) is 0 Å². The molecule has 0 aliphatic carbocycles. The number of aryl methyl sites for hydroxylation is 1. The van der Waals surface area contributed by atoms with E-state index in [2.05, 4.69) is 5.10 Å². The number of hydrogen-bond donors (Lipinski definition) is 0. The minimum atomic E-state index is -0.0788. The fraction of sp³-hybridized carbons (Fsp3) is 0.136. The van der Waals surface area contributed by atoms with Gasteiger partial charge >= 0.3 is 0 Å². The van der Waals surface area contributed by atoms with Crippen LogP contribution in [0.4, 0.5) is 0 Å². The third-order valence-corrected chi connectivity index (χ3v) is 4.54. The van der Waals surface area contributed by atoms with Crippen molar-refractivity contribution in [1.82, 2.24) is 24.5 Å².